The molecule has 0 heterocycles. The van der Waals surface area contributed by atoms with E-state index in [4.69, 9.17) is 4.74 Å². The molecule has 2 N–H and O–H groups in total. The van der Waals surface area contributed by atoms with Crippen LogP contribution in [-0.2, 0) is 16.1 Å². The Kier molecular flexibility index (Phi) is 5.68. The van der Waals surface area contributed by atoms with E-state index in [1.54, 1.807) is 25.3 Å². The fraction of sp³-hybridized carbons (Fsp3) is 0.176. The maximum Gasteiger partial charge on any atom is 0.233 e. The fourth-order valence-electron chi connectivity index (χ4n) is 1.91. The molecule has 0 atom stereocenters. The smallest absolute Gasteiger partial charge is 0.233 e. The Bertz CT molecular complexity index is 686. The van der Waals surface area contributed by atoms with Crippen molar-refractivity contribution in [1.29, 1.82) is 0 Å². The zero-order valence-electron chi connectivity index (χ0n) is 12.6. The zero-order valence-corrected chi connectivity index (χ0v) is 12.6. The van der Waals surface area contributed by atoms with E-state index in [0.717, 1.165) is 11.3 Å². The van der Waals surface area contributed by atoms with E-state index in [1.807, 2.05) is 12.1 Å². The van der Waals surface area contributed by atoms with Crippen LogP contribution in [0.1, 0.15) is 12.0 Å². The second-order valence-corrected chi connectivity index (χ2v) is 4.83. The van der Waals surface area contributed by atoms with Gasteiger partial charge >= 0.3 is 0 Å². The number of methoxy groups -OCH3 is 1. The van der Waals surface area contributed by atoms with E-state index in [0.29, 0.717) is 6.54 Å². The molecule has 5 nitrogen and oxygen atoms in total. The molecule has 23 heavy (non-hydrogen) atoms. The predicted octanol–water partition coefficient (Wildman–Crippen LogP) is 2.48. The largest absolute Gasteiger partial charge is 0.497 e. The van der Waals surface area contributed by atoms with Crippen molar-refractivity contribution in [2.75, 3.05) is 12.4 Å². The van der Waals surface area contributed by atoms with Crippen LogP contribution in [0.15, 0.2) is 48.5 Å². The van der Waals surface area contributed by atoms with Crippen LogP contribution in [0.2, 0.25) is 0 Å². The molecule has 0 aliphatic heterocycles. The van der Waals surface area contributed by atoms with E-state index < -0.39 is 17.6 Å². The Morgan fingerprint density at radius 3 is 2.39 bits per heavy atom. The van der Waals surface area contributed by atoms with Crippen LogP contribution in [0.25, 0.3) is 0 Å². The number of carbonyl (C=O) groups is 2. The molecule has 0 spiro atoms. The monoisotopic (exact) mass is 316 g/mol. The van der Waals surface area contributed by atoms with Crippen LogP contribution in [-0.4, -0.2) is 18.9 Å². The van der Waals surface area contributed by atoms with Crippen molar-refractivity contribution < 1.29 is 18.7 Å². The minimum Gasteiger partial charge on any atom is -0.497 e. The Morgan fingerprint density at radius 1 is 1.04 bits per heavy atom. The molecule has 6 heteroatoms. The normalized spacial score (nSPS) is 10.0. The van der Waals surface area contributed by atoms with Crippen molar-refractivity contribution in [1.82, 2.24) is 5.32 Å². The summed E-state index contributed by atoms with van der Waals surface area (Å²) in [6, 6.07) is 13.0. The van der Waals surface area contributed by atoms with Gasteiger partial charge in [-0.05, 0) is 29.8 Å². The number of hydrogen-bond acceptors (Lipinski definition) is 3. The number of carbonyl (C=O) groups excluding carboxylic acids is 2. The van der Waals surface area contributed by atoms with Gasteiger partial charge in [-0.2, -0.15) is 0 Å². The zero-order chi connectivity index (χ0) is 16.7. The molecule has 0 bridgehead atoms. The number of hydrogen-bond donors (Lipinski definition) is 2. The molecule has 2 amide bonds. The van der Waals surface area contributed by atoms with E-state index in [-0.39, 0.29) is 12.1 Å². The van der Waals surface area contributed by atoms with Crippen molar-refractivity contribution in [3.8, 4) is 5.75 Å². The van der Waals surface area contributed by atoms with Gasteiger partial charge in [-0.25, -0.2) is 4.39 Å². The third-order valence-corrected chi connectivity index (χ3v) is 3.12. The lowest BCUT2D eigenvalue weighted by Gasteiger charge is -2.08. The maximum absolute atomic E-state index is 13.4. The van der Waals surface area contributed by atoms with Gasteiger partial charge in [-0.15, -0.1) is 0 Å². The fourth-order valence-corrected chi connectivity index (χ4v) is 1.91. The van der Waals surface area contributed by atoms with E-state index >= 15 is 0 Å². The average Bonchev–Trinajstić information content (AvgIpc) is 2.55. The number of amides is 2. The lowest BCUT2D eigenvalue weighted by molar-refractivity contribution is -0.126. The summed E-state index contributed by atoms with van der Waals surface area (Å²) in [5.74, 6) is -0.819. The number of halogens is 1. The summed E-state index contributed by atoms with van der Waals surface area (Å²) in [6.45, 7) is 0.301. The SMILES string of the molecule is COc1ccc(CNC(=O)CC(=O)Nc2ccccc2F)cc1. The highest BCUT2D eigenvalue weighted by Gasteiger charge is 2.11. The van der Waals surface area contributed by atoms with Crippen LogP contribution in [0.4, 0.5) is 10.1 Å². The topological polar surface area (TPSA) is 67.4 Å². The van der Waals surface area contributed by atoms with Gasteiger partial charge in [0.1, 0.15) is 18.0 Å². The first kappa shape index (κ1) is 16.5. The highest BCUT2D eigenvalue weighted by molar-refractivity contribution is 6.03. The van der Waals surface area contributed by atoms with Crippen molar-refractivity contribution >= 4 is 17.5 Å². The molecule has 2 aromatic rings. The summed E-state index contributed by atoms with van der Waals surface area (Å²) in [5.41, 5.74) is 0.939. The highest BCUT2D eigenvalue weighted by atomic mass is 19.1. The third-order valence-electron chi connectivity index (χ3n) is 3.12. The van der Waals surface area contributed by atoms with Gasteiger partial charge in [0.15, 0.2) is 0 Å². The summed E-state index contributed by atoms with van der Waals surface area (Å²) in [5, 5.41) is 5.00. The van der Waals surface area contributed by atoms with Crippen LogP contribution in [0.5, 0.6) is 5.75 Å². The number of nitrogens with one attached hydrogen (secondary N) is 2. The minimum absolute atomic E-state index is 0.0560. The Hall–Kier alpha value is -2.89. The Labute approximate surface area is 133 Å². The minimum atomic E-state index is -0.567. The van der Waals surface area contributed by atoms with Crippen molar-refractivity contribution in [3.63, 3.8) is 0 Å². The number of rotatable bonds is 6. The molecule has 0 aromatic heterocycles. The summed E-state index contributed by atoms with van der Waals surface area (Å²) < 4.78 is 18.4. The molecule has 120 valence electrons. The molecule has 0 fully saturated rings. The second-order valence-electron chi connectivity index (χ2n) is 4.83. The van der Waals surface area contributed by atoms with Crippen LogP contribution < -0.4 is 15.4 Å². The molecule has 0 unspecified atom stereocenters. The molecular weight excluding hydrogens is 299 g/mol. The summed E-state index contributed by atoms with van der Waals surface area (Å²) in [6.07, 6.45) is -0.371. The summed E-state index contributed by atoms with van der Waals surface area (Å²) >= 11 is 0. The molecule has 0 aliphatic carbocycles. The third kappa shape index (κ3) is 5.10. The van der Waals surface area contributed by atoms with Gasteiger partial charge in [-0.3, -0.25) is 9.59 Å². The first-order chi connectivity index (χ1) is 11.1. The predicted molar refractivity (Wildman–Crippen MR) is 84.5 cm³/mol. The van der Waals surface area contributed by atoms with E-state index in [1.165, 1.54) is 18.2 Å². The summed E-state index contributed by atoms with van der Waals surface area (Å²) in [4.78, 5) is 23.4. The van der Waals surface area contributed by atoms with Gasteiger partial charge in [0.05, 0.1) is 12.8 Å². The number of anilines is 1. The Balaban J connectivity index is 1.79. The second kappa shape index (κ2) is 7.93. The first-order valence-corrected chi connectivity index (χ1v) is 7.02. The van der Waals surface area contributed by atoms with Gasteiger partial charge in [-0.1, -0.05) is 24.3 Å². The molecule has 2 rings (SSSR count). The van der Waals surface area contributed by atoms with Gasteiger partial charge in [0, 0.05) is 6.54 Å². The first-order valence-electron chi connectivity index (χ1n) is 7.02. The standard InChI is InChI=1S/C17H17FN2O3/c1-23-13-8-6-12(7-9-13)11-19-16(21)10-17(22)20-15-5-3-2-4-14(15)18/h2-9H,10-11H2,1H3,(H,19,21)(H,20,22). The van der Waals surface area contributed by atoms with Crippen LogP contribution in [0, 0.1) is 5.82 Å². The molecule has 2 aromatic carbocycles. The van der Waals surface area contributed by atoms with Gasteiger partial charge in [0.2, 0.25) is 11.8 Å². The van der Waals surface area contributed by atoms with Gasteiger partial charge in [0.25, 0.3) is 0 Å². The lowest BCUT2D eigenvalue weighted by atomic mass is 10.2. The highest BCUT2D eigenvalue weighted by Crippen LogP contribution is 2.13. The van der Waals surface area contributed by atoms with E-state index in [9.17, 15) is 14.0 Å². The van der Waals surface area contributed by atoms with Crippen LogP contribution >= 0.6 is 0 Å². The molecule has 0 saturated carbocycles. The van der Waals surface area contributed by atoms with Crippen LogP contribution in [0.3, 0.4) is 0 Å². The average molecular weight is 316 g/mol. The number of ether oxygens (including phenoxy) is 1. The quantitative estimate of drug-likeness (QED) is 0.805. The molecule has 0 aliphatic rings. The number of para-hydroxylation sites is 1. The van der Waals surface area contributed by atoms with Crippen molar-refractivity contribution in [2.45, 2.75) is 13.0 Å². The van der Waals surface area contributed by atoms with E-state index in [2.05, 4.69) is 10.6 Å². The van der Waals surface area contributed by atoms with Crippen molar-refractivity contribution in [2.24, 2.45) is 0 Å². The lowest BCUT2D eigenvalue weighted by Crippen LogP contribution is -2.27. The van der Waals surface area contributed by atoms with Gasteiger partial charge < -0.3 is 15.4 Å². The molecule has 0 saturated heterocycles. The van der Waals surface area contributed by atoms with Crippen molar-refractivity contribution in [3.05, 3.63) is 59.9 Å². The molecule has 0 radical (unpaired) electrons. The molecular formula is C17H17FN2O3. The summed E-state index contributed by atoms with van der Waals surface area (Å²) in [7, 11) is 1.57. The number of benzene rings is 2. The Morgan fingerprint density at radius 2 is 1.74 bits per heavy atom. The maximum atomic E-state index is 13.4.